The molecule has 1 N–H and O–H groups in total. The number of aromatic nitrogens is 2. The summed E-state index contributed by atoms with van der Waals surface area (Å²) >= 11 is 0. The first-order valence-electron chi connectivity index (χ1n) is 6.12. The normalized spacial score (nSPS) is 15.5. The van der Waals surface area contributed by atoms with Crippen LogP contribution in [-0.2, 0) is 17.7 Å². The third kappa shape index (κ3) is 5.05. The first-order chi connectivity index (χ1) is 8.74. The van der Waals surface area contributed by atoms with E-state index in [2.05, 4.69) is 15.5 Å². The third-order valence-electron chi connectivity index (χ3n) is 2.63. The van der Waals surface area contributed by atoms with Crippen LogP contribution in [0.5, 0.6) is 0 Å². The fourth-order valence-electron chi connectivity index (χ4n) is 1.50. The highest BCUT2D eigenvalue weighted by molar-refractivity contribution is 4.86. The Morgan fingerprint density at radius 3 is 3.00 bits per heavy atom. The minimum Gasteiger partial charge on any atom is -0.375 e. The molecule has 5 nitrogen and oxygen atoms in total. The maximum atomic E-state index is 11.8. The van der Waals surface area contributed by atoms with Crippen molar-refractivity contribution >= 4 is 0 Å². The van der Waals surface area contributed by atoms with Gasteiger partial charge in [0.05, 0.1) is 13.2 Å². The van der Waals surface area contributed by atoms with Crippen LogP contribution in [0.25, 0.3) is 0 Å². The fourth-order valence-corrected chi connectivity index (χ4v) is 1.50. The predicted octanol–water partition coefficient (Wildman–Crippen LogP) is 1.39. The molecule has 102 valence electrons. The molecular weight excluding hydrogens is 244 g/mol. The van der Waals surface area contributed by atoms with E-state index in [4.69, 9.17) is 9.26 Å². The molecule has 0 spiro atoms. The molecule has 1 aliphatic rings. The van der Waals surface area contributed by atoms with Crippen molar-refractivity contribution in [1.29, 1.82) is 0 Å². The summed E-state index contributed by atoms with van der Waals surface area (Å²) in [6.45, 7) is 1.17. The van der Waals surface area contributed by atoms with Crippen LogP contribution < -0.4 is 5.32 Å². The largest absolute Gasteiger partial charge is 0.375 e. The maximum absolute atomic E-state index is 11.8. The van der Waals surface area contributed by atoms with E-state index < -0.39 is 13.0 Å². The van der Waals surface area contributed by atoms with Gasteiger partial charge in [-0.2, -0.15) is 4.98 Å². The molecule has 1 aliphatic carbocycles. The molecule has 1 saturated carbocycles. The Labute approximate surface area is 104 Å². The number of hydrogen-bond acceptors (Lipinski definition) is 5. The van der Waals surface area contributed by atoms with Crippen molar-refractivity contribution in [2.75, 3.05) is 19.8 Å². The number of rotatable bonds is 9. The Morgan fingerprint density at radius 1 is 1.44 bits per heavy atom. The molecule has 1 heterocycles. The summed E-state index contributed by atoms with van der Waals surface area (Å²) in [6.07, 6.45) is 0.545. The topological polar surface area (TPSA) is 60.2 Å². The van der Waals surface area contributed by atoms with Gasteiger partial charge < -0.3 is 14.6 Å². The van der Waals surface area contributed by atoms with Gasteiger partial charge in [0.25, 0.3) is 6.43 Å². The second-order valence-electron chi connectivity index (χ2n) is 4.39. The average Bonchev–Trinajstić information content (AvgIpc) is 3.04. The smallest absolute Gasteiger partial charge is 0.261 e. The molecule has 1 aromatic rings. The number of alkyl halides is 2. The van der Waals surface area contributed by atoms with Gasteiger partial charge in [-0.1, -0.05) is 5.16 Å². The molecule has 0 aliphatic heterocycles. The highest BCUT2D eigenvalue weighted by Crippen LogP contribution is 2.27. The van der Waals surface area contributed by atoms with Gasteiger partial charge in [-0.25, -0.2) is 8.78 Å². The summed E-state index contributed by atoms with van der Waals surface area (Å²) in [4.78, 5) is 4.14. The number of ether oxygens (including phenoxy) is 1. The molecule has 0 amide bonds. The second kappa shape index (κ2) is 6.75. The lowest BCUT2D eigenvalue weighted by Crippen LogP contribution is -2.16. The molecule has 0 atom stereocenters. The van der Waals surface area contributed by atoms with Gasteiger partial charge in [0.15, 0.2) is 5.82 Å². The van der Waals surface area contributed by atoms with Crippen molar-refractivity contribution in [3.63, 3.8) is 0 Å². The highest BCUT2D eigenvalue weighted by Gasteiger charge is 2.20. The van der Waals surface area contributed by atoms with Crippen LogP contribution >= 0.6 is 0 Å². The van der Waals surface area contributed by atoms with Crippen LogP contribution in [0.3, 0.4) is 0 Å². The monoisotopic (exact) mass is 261 g/mol. The predicted molar refractivity (Wildman–Crippen MR) is 59.3 cm³/mol. The van der Waals surface area contributed by atoms with Crippen molar-refractivity contribution in [2.45, 2.75) is 32.2 Å². The minimum absolute atomic E-state index is 0.179. The zero-order chi connectivity index (χ0) is 12.8. The zero-order valence-electron chi connectivity index (χ0n) is 10.1. The minimum atomic E-state index is -2.43. The van der Waals surface area contributed by atoms with Crippen molar-refractivity contribution < 1.29 is 18.0 Å². The van der Waals surface area contributed by atoms with Crippen LogP contribution in [-0.4, -0.2) is 36.3 Å². The lowest BCUT2D eigenvalue weighted by Gasteiger charge is -1.99. The van der Waals surface area contributed by atoms with E-state index in [1.54, 1.807) is 0 Å². The van der Waals surface area contributed by atoms with Gasteiger partial charge in [0, 0.05) is 6.42 Å². The van der Waals surface area contributed by atoms with E-state index in [1.165, 1.54) is 12.8 Å². The van der Waals surface area contributed by atoms with E-state index >= 15 is 0 Å². The van der Waals surface area contributed by atoms with Crippen LogP contribution in [0.2, 0.25) is 0 Å². The molecule has 0 aromatic carbocycles. The van der Waals surface area contributed by atoms with Crippen molar-refractivity contribution in [1.82, 2.24) is 15.5 Å². The molecular formula is C11H17F2N3O2. The van der Waals surface area contributed by atoms with Crippen LogP contribution in [0.15, 0.2) is 4.52 Å². The number of nitrogens with zero attached hydrogens (tertiary/aromatic N) is 2. The van der Waals surface area contributed by atoms with Gasteiger partial charge in [-0.3, -0.25) is 0 Å². The van der Waals surface area contributed by atoms with E-state index in [-0.39, 0.29) is 6.61 Å². The van der Waals surface area contributed by atoms with E-state index in [0.29, 0.717) is 24.7 Å². The maximum Gasteiger partial charge on any atom is 0.261 e. The number of halogens is 2. The Balaban J connectivity index is 1.59. The van der Waals surface area contributed by atoms with E-state index in [9.17, 15) is 8.78 Å². The SMILES string of the molecule is FC(F)COCCc1noc(CNCC2CC2)n1. The number of nitrogens with one attached hydrogen (secondary N) is 1. The molecule has 18 heavy (non-hydrogen) atoms. The zero-order valence-corrected chi connectivity index (χ0v) is 10.1. The average molecular weight is 261 g/mol. The lowest BCUT2D eigenvalue weighted by molar-refractivity contribution is 0.0182. The Bertz CT molecular complexity index is 356. The molecule has 1 aromatic heterocycles. The van der Waals surface area contributed by atoms with Crippen molar-refractivity contribution in [3.05, 3.63) is 11.7 Å². The second-order valence-corrected chi connectivity index (χ2v) is 4.39. The number of hydrogen-bond donors (Lipinski definition) is 1. The van der Waals surface area contributed by atoms with Crippen LogP contribution in [0, 0.1) is 5.92 Å². The highest BCUT2D eigenvalue weighted by atomic mass is 19.3. The van der Waals surface area contributed by atoms with Gasteiger partial charge in [-0.05, 0) is 25.3 Å². The molecule has 0 bridgehead atoms. The van der Waals surface area contributed by atoms with Crippen molar-refractivity contribution in [3.8, 4) is 0 Å². The molecule has 1 fully saturated rings. The summed E-state index contributed by atoms with van der Waals surface area (Å²) in [7, 11) is 0. The van der Waals surface area contributed by atoms with E-state index in [1.807, 2.05) is 0 Å². The molecule has 0 unspecified atom stereocenters. The van der Waals surface area contributed by atoms with Crippen LogP contribution in [0.1, 0.15) is 24.6 Å². The Kier molecular flexibility index (Phi) is 5.00. The first kappa shape index (κ1) is 13.4. The summed E-state index contributed by atoms with van der Waals surface area (Å²) in [5.41, 5.74) is 0. The molecule has 0 radical (unpaired) electrons. The summed E-state index contributed by atoms with van der Waals surface area (Å²) in [5.74, 6) is 1.82. The summed E-state index contributed by atoms with van der Waals surface area (Å²) in [5, 5.41) is 6.99. The van der Waals surface area contributed by atoms with Gasteiger partial charge in [0.2, 0.25) is 5.89 Å². The van der Waals surface area contributed by atoms with E-state index in [0.717, 1.165) is 12.5 Å². The van der Waals surface area contributed by atoms with Crippen LogP contribution in [0.4, 0.5) is 8.78 Å². The standard InChI is InChI=1S/C11H17F2N3O2/c12-9(13)7-17-4-3-10-15-11(18-16-10)6-14-5-8-1-2-8/h8-9,14H,1-7H2. The summed E-state index contributed by atoms with van der Waals surface area (Å²) in [6, 6.07) is 0. The third-order valence-corrected chi connectivity index (χ3v) is 2.63. The lowest BCUT2D eigenvalue weighted by atomic mass is 10.4. The Morgan fingerprint density at radius 2 is 2.28 bits per heavy atom. The molecule has 7 heteroatoms. The van der Waals surface area contributed by atoms with Gasteiger partial charge in [0.1, 0.15) is 6.61 Å². The summed E-state index contributed by atoms with van der Waals surface area (Å²) < 4.78 is 33.3. The van der Waals surface area contributed by atoms with Gasteiger partial charge in [-0.15, -0.1) is 0 Å². The quantitative estimate of drug-likeness (QED) is 0.681. The fraction of sp³-hybridized carbons (Fsp3) is 0.818. The molecule has 0 saturated heterocycles. The van der Waals surface area contributed by atoms with Gasteiger partial charge >= 0.3 is 0 Å². The Hall–Kier alpha value is -1.08. The van der Waals surface area contributed by atoms with Crippen molar-refractivity contribution in [2.24, 2.45) is 5.92 Å². The first-order valence-corrected chi connectivity index (χ1v) is 6.12. The molecule has 2 rings (SSSR count).